The molecule has 0 aromatic heterocycles. The van der Waals surface area contributed by atoms with E-state index in [1.807, 2.05) is 26.8 Å². The molecule has 0 heterocycles. The Morgan fingerprint density at radius 3 is 2.46 bits per heavy atom. The highest BCUT2D eigenvalue weighted by molar-refractivity contribution is 5.90. The molecular weight excluding hydrogens is 306 g/mol. The van der Waals surface area contributed by atoms with E-state index in [2.05, 4.69) is 5.32 Å². The predicted octanol–water partition coefficient (Wildman–Crippen LogP) is 4.34. The van der Waals surface area contributed by atoms with E-state index < -0.39 is 11.7 Å². The van der Waals surface area contributed by atoms with Gasteiger partial charge in [-0.15, -0.1) is 0 Å². The topological polar surface area (TPSA) is 64.6 Å². The van der Waals surface area contributed by atoms with Gasteiger partial charge in [-0.2, -0.15) is 0 Å². The van der Waals surface area contributed by atoms with Crippen LogP contribution in [0, 0.1) is 5.92 Å². The third-order valence-corrected chi connectivity index (χ3v) is 4.13. The largest absolute Gasteiger partial charge is 0.497 e. The maximum atomic E-state index is 12.5. The lowest BCUT2D eigenvalue weighted by Gasteiger charge is -2.21. The van der Waals surface area contributed by atoms with Gasteiger partial charge in [0.05, 0.1) is 12.8 Å². The standard InChI is InChI=1S/C19H27NO4/c1-19(2,3)24-18(22)20-16-12-15(23-4)10-9-14(16)11-17(21)13-7-5-6-8-13/h9-10,12-13H,5-8,11H2,1-4H3,(H,20,22). The Morgan fingerprint density at radius 2 is 1.88 bits per heavy atom. The van der Waals surface area contributed by atoms with Gasteiger partial charge in [0.15, 0.2) is 0 Å². The maximum absolute atomic E-state index is 12.5. The van der Waals surface area contributed by atoms with Gasteiger partial charge < -0.3 is 9.47 Å². The van der Waals surface area contributed by atoms with Crippen molar-refractivity contribution in [1.29, 1.82) is 0 Å². The summed E-state index contributed by atoms with van der Waals surface area (Å²) in [7, 11) is 1.57. The number of carbonyl (C=O) groups excluding carboxylic acids is 2. The van der Waals surface area contributed by atoms with Gasteiger partial charge in [-0.1, -0.05) is 18.9 Å². The van der Waals surface area contributed by atoms with Crippen molar-refractivity contribution >= 4 is 17.6 Å². The van der Waals surface area contributed by atoms with Crippen LogP contribution in [-0.4, -0.2) is 24.6 Å². The first-order valence-corrected chi connectivity index (χ1v) is 8.48. The molecule has 0 atom stereocenters. The lowest BCUT2D eigenvalue weighted by atomic mass is 9.95. The number of ether oxygens (including phenoxy) is 2. The molecule has 1 N–H and O–H groups in total. The van der Waals surface area contributed by atoms with E-state index in [0.717, 1.165) is 31.2 Å². The second-order valence-corrected chi connectivity index (χ2v) is 7.27. The van der Waals surface area contributed by atoms with E-state index in [-0.39, 0.29) is 11.7 Å². The minimum absolute atomic E-state index is 0.154. The zero-order valence-corrected chi connectivity index (χ0v) is 15.0. The smallest absolute Gasteiger partial charge is 0.412 e. The van der Waals surface area contributed by atoms with Crippen molar-refractivity contribution in [3.8, 4) is 5.75 Å². The normalized spacial score (nSPS) is 15.2. The lowest BCUT2D eigenvalue weighted by molar-refractivity contribution is -0.122. The number of hydrogen-bond acceptors (Lipinski definition) is 4. The molecule has 24 heavy (non-hydrogen) atoms. The van der Waals surface area contributed by atoms with E-state index in [0.29, 0.717) is 17.9 Å². The lowest BCUT2D eigenvalue weighted by Crippen LogP contribution is -2.27. The van der Waals surface area contributed by atoms with Gasteiger partial charge >= 0.3 is 6.09 Å². The zero-order chi connectivity index (χ0) is 17.7. The molecule has 2 rings (SSSR count). The van der Waals surface area contributed by atoms with Gasteiger partial charge in [0, 0.05) is 18.4 Å². The molecule has 0 bridgehead atoms. The van der Waals surface area contributed by atoms with Crippen LogP contribution in [0.3, 0.4) is 0 Å². The van der Waals surface area contributed by atoms with Crippen LogP contribution in [0.1, 0.15) is 52.0 Å². The van der Waals surface area contributed by atoms with Crippen molar-refractivity contribution < 1.29 is 19.1 Å². The number of rotatable bonds is 5. The Kier molecular flexibility index (Phi) is 5.86. The minimum Gasteiger partial charge on any atom is -0.497 e. The van der Waals surface area contributed by atoms with Crippen LogP contribution in [-0.2, 0) is 16.0 Å². The average molecular weight is 333 g/mol. The number of amides is 1. The van der Waals surface area contributed by atoms with Crippen molar-refractivity contribution in [2.24, 2.45) is 5.92 Å². The fourth-order valence-electron chi connectivity index (χ4n) is 2.95. The van der Waals surface area contributed by atoms with Gasteiger partial charge in [0.25, 0.3) is 0 Å². The van der Waals surface area contributed by atoms with Crippen molar-refractivity contribution in [2.75, 3.05) is 12.4 Å². The highest BCUT2D eigenvalue weighted by Crippen LogP contribution is 2.29. The summed E-state index contributed by atoms with van der Waals surface area (Å²) < 4.78 is 10.5. The summed E-state index contributed by atoms with van der Waals surface area (Å²) in [5, 5.41) is 2.74. The van der Waals surface area contributed by atoms with Gasteiger partial charge in [0.1, 0.15) is 17.1 Å². The van der Waals surface area contributed by atoms with E-state index in [4.69, 9.17) is 9.47 Å². The molecule has 5 nitrogen and oxygen atoms in total. The van der Waals surface area contributed by atoms with Crippen LogP contribution < -0.4 is 10.1 Å². The molecule has 1 aromatic carbocycles. The molecule has 132 valence electrons. The third-order valence-electron chi connectivity index (χ3n) is 4.13. The number of methoxy groups -OCH3 is 1. The number of hydrogen-bond donors (Lipinski definition) is 1. The summed E-state index contributed by atoms with van der Waals surface area (Å²) in [5.41, 5.74) is 0.775. The second-order valence-electron chi connectivity index (χ2n) is 7.27. The molecule has 0 unspecified atom stereocenters. The molecule has 1 aliphatic carbocycles. The first-order chi connectivity index (χ1) is 11.3. The Morgan fingerprint density at radius 1 is 1.21 bits per heavy atom. The van der Waals surface area contributed by atoms with Gasteiger partial charge in [-0.25, -0.2) is 4.79 Å². The number of anilines is 1. The second kappa shape index (κ2) is 7.69. The Labute approximate surface area is 143 Å². The Bertz CT molecular complexity index is 598. The third kappa shape index (κ3) is 5.25. The summed E-state index contributed by atoms with van der Waals surface area (Å²) in [6.45, 7) is 5.42. The molecule has 0 spiro atoms. The summed E-state index contributed by atoms with van der Waals surface area (Å²) in [6, 6.07) is 5.36. The maximum Gasteiger partial charge on any atom is 0.412 e. The molecule has 1 amide bonds. The molecule has 5 heteroatoms. The molecule has 0 radical (unpaired) electrons. The molecular formula is C19H27NO4. The molecule has 0 saturated heterocycles. The number of nitrogens with one attached hydrogen (secondary N) is 1. The van der Waals surface area contributed by atoms with Crippen molar-refractivity contribution in [3.63, 3.8) is 0 Å². The first-order valence-electron chi connectivity index (χ1n) is 8.48. The van der Waals surface area contributed by atoms with E-state index in [1.165, 1.54) is 0 Å². The van der Waals surface area contributed by atoms with Crippen LogP contribution in [0.15, 0.2) is 18.2 Å². The zero-order valence-electron chi connectivity index (χ0n) is 15.0. The van der Waals surface area contributed by atoms with Crippen LogP contribution in [0.25, 0.3) is 0 Å². The number of benzene rings is 1. The summed E-state index contributed by atoms with van der Waals surface area (Å²) in [4.78, 5) is 24.5. The van der Waals surface area contributed by atoms with Crippen molar-refractivity contribution in [2.45, 2.75) is 58.5 Å². The molecule has 1 fully saturated rings. The fraction of sp³-hybridized carbons (Fsp3) is 0.579. The Hall–Kier alpha value is -2.04. The summed E-state index contributed by atoms with van der Waals surface area (Å²) in [5.74, 6) is 1.02. The van der Waals surface area contributed by atoms with Gasteiger partial charge in [0.2, 0.25) is 0 Å². The van der Waals surface area contributed by atoms with E-state index in [1.54, 1.807) is 19.2 Å². The SMILES string of the molecule is COc1ccc(CC(=O)C2CCCC2)c(NC(=O)OC(C)(C)C)c1. The van der Waals surface area contributed by atoms with Crippen LogP contribution in [0.2, 0.25) is 0 Å². The van der Waals surface area contributed by atoms with Crippen molar-refractivity contribution in [1.82, 2.24) is 0 Å². The Balaban J connectivity index is 2.14. The number of Topliss-reactive ketones (excluding diaryl/α,β-unsaturated/α-hetero) is 1. The molecule has 1 aliphatic rings. The van der Waals surface area contributed by atoms with Gasteiger partial charge in [-0.05, 0) is 45.2 Å². The summed E-state index contributed by atoms with van der Waals surface area (Å²) >= 11 is 0. The molecule has 1 saturated carbocycles. The molecule has 0 aliphatic heterocycles. The average Bonchev–Trinajstić information content (AvgIpc) is 3.01. The highest BCUT2D eigenvalue weighted by Gasteiger charge is 2.24. The minimum atomic E-state index is -0.581. The predicted molar refractivity (Wildman–Crippen MR) is 93.5 cm³/mol. The van der Waals surface area contributed by atoms with Crippen LogP contribution in [0.5, 0.6) is 5.75 Å². The highest BCUT2D eigenvalue weighted by atomic mass is 16.6. The van der Waals surface area contributed by atoms with Gasteiger partial charge in [-0.3, -0.25) is 10.1 Å². The first kappa shape index (κ1) is 18.3. The summed E-state index contributed by atoms with van der Waals surface area (Å²) in [6.07, 6.45) is 3.99. The van der Waals surface area contributed by atoms with Crippen LogP contribution >= 0.6 is 0 Å². The van der Waals surface area contributed by atoms with Crippen LogP contribution in [0.4, 0.5) is 10.5 Å². The van der Waals surface area contributed by atoms with E-state index >= 15 is 0 Å². The molecule has 1 aromatic rings. The fourth-order valence-corrected chi connectivity index (χ4v) is 2.95. The number of carbonyl (C=O) groups is 2. The monoisotopic (exact) mass is 333 g/mol. The number of ketones is 1. The quantitative estimate of drug-likeness (QED) is 0.870. The van der Waals surface area contributed by atoms with E-state index in [9.17, 15) is 9.59 Å². The van der Waals surface area contributed by atoms with Crippen molar-refractivity contribution in [3.05, 3.63) is 23.8 Å².